The number of aromatic nitrogens is 1. The van der Waals surface area contributed by atoms with Crippen molar-refractivity contribution in [2.45, 2.75) is 19.1 Å². The highest BCUT2D eigenvalue weighted by Crippen LogP contribution is 2.18. The highest BCUT2D eigenvalue weighted by Gasteiger charge is 2.20. The molecule has 0 aliphatic rings. The molecule has 0 saturated heterocycles. The van der Waals surface area contributed by atoms with Crippen LogP contribution in [0.4, 0.5) is 0 Å². The number of aldehydes is 1. The lowest BCUT2D eigenvalue weighted by Crippen LogP contribution is -2.22. The smallest absolute Gasteiger partial charge is 0.185 e. The Labute approximate surface area is 103 Å². The molecule has 0 fully saturated rings. The van der Waals surface area contributed by atoms with Gasteiger partial charge in [0, 0.05) is 12.7 Å². The fourth-order valence-corrected chi connectivity index (χ4v) is 1.78. The summed E-state index contributed by atoms with van der Waals surface area (Å²) >= 11 is 0.926. The van der Waals surface area contributed by atoms with Gasteiger partial charge < -0.3 is 10.2 Å². The fourth-order valence-electron chi connectivity index (χ4n) is 1.19. The Balaban J connectivity index is 2.70. The Morgan fingerprint density at radius 3 is 2.82 bits per heavy atom. The number of aliphatic hydroxyl groups excluding tert-OH is 2. The second-order valence-electron chi connectivity index (χ2n) is 3.42. The van der Waals surface area contributed by atoms with Crippen LogP contribution in [0.25, 0.3) is 0 Å². The second-order valence-corrected chi connectivity index (χ2v) is 4.62. The lowest BCUT2D eigenvalue weighted by atomic mass is 10.1. The molecule has 6 heteroatoms. The molecule has 0 aliphatic carbocycles. The van der Waals surface area contributed by atoms with Gasteiger partial charge in [0.15, 0.2) is 11.4 Å². The van der Waals surface area contributed by atoms with Gasteiger partial charge >= 0.3 is 0 Å². The summed E-state index contributed by atoms with van der Waals surface area (Å²) in [6.07, 6.45) is -1.74. The monoisotopic (exact) mass is 255 g/mol. The molecule has 0 bridgehead atoms. The molecule has 2 atom stereocenters. The van der Waals surface area contributed by atoms with Crippen LogP contribution in [0.3, 0.4) is 0 Å². The molecular weight excluding hydrogens is 242 g/mol. The SMILES string of the molecule is CC(=O)SCC(O)C(O)c1cccc(C=O)n1. The number of thioether (sulfide) groups is 1. The molecule has 0 amide bonds. The lowest BCUT2D eigenvalue weighted by Gasteiger charge is -2.16. The maximum Gasteiger partial charge on any atom is 0.185 e. The molecular formula is C11H13NO4S. The average molecular weight is 255 g/mol. The highest BCUT2D eigenvalue weighted by atomic mass is 32.2. The molecule has 2 N–H and O–H groups in total. The van der Waals surface area contributed by atoms with E-state index in [1.54, 1.807) is 6.07 Å². The molecule has 92 valence electrons. The van der Waals surface area contributed by atoms with E-state index in [0.29, 0.717) is 6.29 Å². The van der Waals surface area contributed by atoms with Crippen molar-refractivity contribution < 1.29 is 19.8 Å². The van der Waals surface area contributed by atoms with Gasteiger partial charge in [0.25, 0.3) is 0 Å². The van der Waals surface area contributed by atoms with Crippen LogP contribution in [0, 0.1) is 0 Å². The van der Waals surface area contributed by atoms with Crippen LogP contribution in [0.2, 0.25) is 0 Å². The van der Waals surface area contributed by atoms with Crippen molar-refractivity contribution in [2.75, 3.05) is 5.75 Å². The maximum absolute atomic E-state index is 10.7. The van der Waals surface area contributed by atoms with Crippen LogP contribution < -0.4 is 0 Å². The predicted octanol–water partition coefficient (Wildman–Crippen LogP) is 0.568. The van der Waals surface area contributed by atoms with E-state index in [1.165, 1.54) is 19.1 Å². The van der Waals surface area contributed by atoms with Crippen molar-refractivity contribution in [3.8, 4) is 0 Å². The van der Waals surface area contributed by atoms with Crippen LogP contribution in [-0.4, -0.2) is 38.5 Å². The van der Waals surface area contributed by atoms with Crippen LogP contribution >= 0.6 is 11.8 Å². The zero-order valence-electron chi connectivity index (χ0n) is 9.24. The summed E-state index contributed by atoms with van der Waals surface area (Å²) in [5.74, 6) is 0.0868. The van der Waals surface area contributed by atoms with E-state index in [-0.39, 0.29) is 22.3 Å². The number of rotatable bonds is 5. The number of aliphatic hydroxyl groups is 2. The van der Waals surface area contributed by atoms with E-state index in [1.807, 2.05) is 0 Å². The van der Waals surface area contributed by atoms with Gasteiger partial charge in [0.05, 0.1) is 11.8 Å². The Hall–Kier alpha value is -1.24. The minimum absolute atomic E-state index is 0.0868. The summed E-state index contributed by atoms with van der Waals surface area (Å²) in [5, 5.41) is 19.3. The maximum atomic E-state index is 10.7. The molecule has 5 nitrogen and oxygen atoms in total. The van der Waals surface area contributed by atoms with Crippen molar-refractivity contribution in [1.29, 1.82) is 0 Å². The number of pyridine rings is 1. The van der Waals surface area contributed by atoms with Gasteiger partial charge in [-0.25, -0.2) is 4.98 Å². The van der Waals surface area contributed by atoms with Crippen LogP contribution in [0.5, 0.6) is 0 Å². The van der Waals surface area contributed by atoms with Crippen molar-refractivity contribution in [3.63, 3.8) is 0 Å². The topological polar surface area (TPSA) is 87.5 Å². The van der Waals surface area contributed by atoms with Gasteiger partial charge in [-0.05, 0) is 12.1 Å². The molecule has 0 aromatic carbocycles. The van der Waals surface area contributed by atoms with Crippen molar-refractivity contribution >= 4 is 23.2 Å². The number of nitrogens with zero attached hydrogens (tertiary/aromatic N) is 1. The first-order valence-electron chi connectivity index (χ1n) is 4.96. The van der Waals surface area contributed by atoms with E-state index in [0.717, 1.165) is 11.8 Å². The first kappa shape index (κ1) is 13.8. The van der Waals surface area contributed by atoms with Gasteiger partial charge in [0.2, 0.25) is 0 Å². The first-order valence-corrected chi connectivity index (χ1v) is 5.94. The summed E-state index contributed by atoms with van der Waals surface area (Å²) in [6, 6.07) is 4.58. The lowest BCUT2D eigenvalue weighted by molar-refractivity contribution is -0.109. The third-order valence-corrected chi connectivity index (χ3v) is 2.95. The summed E-state index contributed by atoms with van der Waals surface area (Å²) in [7, 11) is 0. The standard InChI is InChI=1S/C11H13NO4S/c1-7(14)17-6-10(15)11(16)9-4-2-3-8(5-13)12-9/h2-5,10-11,15-16H,6H2,1H3. The Morgan fingerprint density at radius 1 is 1.53 bits per heavy atom. The minimum atomic E-state index is -1.21. The minimum Gasteiger partial charge on any atom is -0.389 e. The van der Waals surface area contributed by atoms with E-state index in [2.05, 4.69) is 4.98 Å². The second kappa shape index (κ2) is 6.48. The van der Waals surface area contributed by atoms with E-state index >= 15 is 0 Å². The van der Waals surface area contributed by atoms with Crippen LogP contribution in [0.15, 0.2) is 18.2 Å². The molecule has 1 aromatic heterocycles. The van der Waals surface area contributed by atoms with Gasteiger partial charge in [-0.15, -0.1) is 0 Å². The summed E-state index contributed by atoms with van der Waals surface area (Å²) in [6.45, 7) is 1.38. The number of carbonyl (C=O) groups is 2. The Morgan fingerprint density at radius 2 is 2.24 bits per heavy atom. The van der Waals surface area contributed by atoms with Gasteiger partial charge in [-0.2, -0.15) is 0 Å². The van der Waals surface area contributed by atoms with Gasteiger partial charge in [-0.1, -0.05) is 17.8 Å². The summed E-state index contributed by atoms with van der Waals surface area (Å²) < 4.78 is 0. The molecule has 0 aliphatic heterocycles. The van der Waals surface area contributed by atoms with Crippen LogP contribution in [0.1, 0.15) is 29.2 Å². The number of hydrogen-bond acceptors (Lipinski definition) is 6. The highest BCUT2D eigenvalue weighted by molar-refractivity contribution is 8.13. The predicted molar refractivity (Wildman–Crippen MR) is 63.7 cm³/mol. The molecule has 1 aromatic rings. The van der Waals surface area contributed by atoms with Crippen molar-refractivity contribution in [1.82, 2.24) is 4.98 Å². The van der Waals surface area contributed by atoms with Crippen molar-refractivity contribution in [2.24, 2.45) is 0 Å². The van der Waals surface area contributed by atoms with Gasteiger partial charge in [-0.3, -0.25) is 9.59 Å². The number of carbonyl (C=O) groups excluding carboxylic acids is 2. The zero-order chi connectivity index (χ0) is 12.8. The molecule has 1 heterocycles. The largest absolute Gasteiger partial charge is 0.389 e. The molecule has 1 rings (SSSR count). The molecule has 17 heavy (non-hydrogen) atoms. The van der Waals surface area contributed by atoms with Crippen LogP contribution in [-0.2, 0) is 4.79 Å². The number of hydrogen-bond donors (Lipinski definition) is 2. The molecule has 0 saturated carbocycles. The summed E-state index contributed by atoms with van der Waals surface area (Å²) in [4.78, 5) is 25.1. The molecule has 0 radical (unpaired) electrons. The quantitative estimate of drug-likeness (QED) is 0.748. The summed E-state index contributed by atoms with van der Waals surface area (Å²) in [5.41, 5.74) is 0.402. The third kappa shape index (κ3) is 4.26. The van der Waals surface area contributed by atoms with Gasteiger partial charge in [0.1, 0.15) is 11.8 Å². The van der Waals surface area contributed by atoms with E-state index in [9.17, 15) is 19.8 Å². The zero-order valence-corrected chi connectivity index (χ0v) is 10.1. The third-order valence-electron chi connectivity index (χ3n) is 2.04. The average Bonchev–Trinajstić information content (AvgIpc) is 2.35. The Bertz CT molecular complexity index is 410. The van der Waals surface area contributed by atoms with E-state index < -0.39 is 12.2 Å². The molecule has 0 spiro atoms. The van der Waals surface area contributed by atoms with Crippen molar-refractivity contribution in [3.05, 3.63) is 29.6 Å². The molecule has 2 unspecified atom stereocenters. The Kier molecular flexibility index (Phi) is 5.27. The normalized spacial score (nSPS) is 14.1. The fraction of sp³-hybridized carbons (Fsp3) is 0.364. The first-order chi connectivity index (χ1) is 8.04. The van der Waals surface area contributed by atoms with E-state index in [4.69, 9.17) is 0 Å².